The van der Waals surface area contributed by atoms with Gasteiger partial charge in [0, 0.05) is 32.7 Å². The molecule has 1 aromatic heterocycles. The fraction of sp³-hybridized carbons (Fsp3) is 0.571. The Kier molecular flexibility index (Phi) is 6.08. The summed E-state index contributed by atoms with van der Waals surface area (Å²) >= 11 is 0. The molecule has 1 fully saturated rings. The Balaban J connectivity index is 1.64. The van der Waals surface area contributed by atoms with Gasteiger partial charge >= 0.3 is 11.8 Å². The fourth-order valence-electron chi connectivity index (χ4n) is 2.29. The number of nitriles is 1. The van der Waals surface area contributed by atoms with Crippen LogP contribution in [-0.2, 0) is 9.59 Å². The van der Waals surface area contributed by atoms with Gasteiger partial charge in [0.2, 0.25) is 0 Å². The molecule has 1 aliphatic heterocycles. The highest BCUT2D eigenvalue weighted by Gasteiger charge is 2.17. The SMILES string of the molecule is CN1CCN(CCCNC(=O)C(=O)Nc2[nH]ncc2C#N)CC1. The van der Waals surface area contributed by atoms with E-state index in [1.54, 1.807) is 0 Å². The maximum Gasteiger partial charge on any atom is 0.314 e. The standard InChI is InChI=1S/C14H21N7O2/c1-20-5-7-21(8-6-20)4-2-3-16-13(22)14(23)18-12-11(9-15)10-17-19-12/h10H,2-8H2,1H3,(H,16,22)(H2,17,18,19,23). The minimum absolute atomic E-state index is 0.130. The number of anilines is 1. The van der Waals surface area contributed by atoms with Crippen molar-refractivity contribution in [3.63, 3.8) is 0 Å². The third kappa shape index (κ3) is 5.05. The van der Waals surface area contributed by atoms with Crippen molar-refractivity contribution in [1.82, 2.24) is 25.3 Å². The van der Waals surface area contributed by atoms with Gasteiger partial charge in [-0.1, -0.05) is 0 Å². The Morgan fingerprint density at radius 2 is 2.09 bits per heavy atom. The number of nitrogens with one attached hydrogen (secondary N) is 3. The lowest BCUT2D eigenvalue weighted by molar-refractivity contribution is -0.136. The molecular weight excluding hydrogens is 298 g/mol. The second-order valence-corrected chi connectivity index (χ2v) is 5.48. The van der Waals surface area contributed by atoms with Crippen molar-refractivity contribution < 1.29 is 9.59 Å². The maximum absolute atomic E-state index is 11.7. The molecule has 0 unspecified atom stereocenters. The average molecular weight is 319 g/mol. The summed E-state index contributed by atoms with van der Waals surface area (Å²) < 4.78 is 0. The molecule has 1 aromatic rings. The van der Waals surface area contributed by atoms with E-state index in [4.69, 9.17) is 5.26 Å². The van der Waals surface area contributed by atoms with Gasteiger partial charge in [-0.3, -0.25) is 14.7 Å². The molecule has 1 aliphatic rings. The van der Waals surface area contributed by atoms with E-state index in [0.717, 1.165) is 39.1 Å². The van der Waals surface area contributed by atoms with E-state index in [0.29, 0.717) is 6.54 Å². The van der Waals surface area contributed by atoms with Crippen molar-refractivity contribution in [2.45, 2.75) is 6.42 Å². The summed E-state index contributed by atoms with van der Waals surface area (Å²) in [5.41, 5.74) is 0.182. The number of nitrogens with zero attached hydrogens (tertiary/aromatic N) is 4. The van der Waals surface area contributed by atoms with E-state index >= 15 is 0 Å². The molecule has 0 bridgehead atoms. The van der Waals surface area contributed by atoms with Crippen LogP contribution < -0.4 is 10.6 Å². The number of likely N-dealkylation sites (N-methyl/N-ethyl adjacent to an activating group) is 1. The molecule has 9 nitrogen and oxygen atoms in total. The Morgan fingerprint density at radius 1 is 1.35 bits per heavy atom. The van der Waals surface area contributed by atoms with E-state index < -0.39 is 11.8 Å². The summed E-state index contributed by atoms with van der Waals surface area (Å²) in [4.78, 5) is 28.0. The van der Waals surface area contributed by atoms with Crippen LogP contribution in [0.1, 0.15) is 12.0 Å². The zero-order valence-corrected chi connectivity index (χ0v) is 13.1. The van der Waals surface area contributed by atoms with Gasteiger partial charge in [0.15, 0.2) is 0 Å². The van der Waals surface area contributed by atoms with Gasteiger partial charge in [-0.05, 0) is 20.0 Å². The van der Waals surface area contributed by atoms with Crippen molar-refractivity contribution >= 4 is 17.6 Å². The van der Waals surface area contributed by atoms with Crippen LogP contribution in [0.15, 0.2) is 6.20 Å². The topological polar surface area (TPSA) is 117 Å². The highest BCUT2D eigenvalue weighted by Crippen LogP contribution is 2.08. The molecule has 1 saturated heterocycles. The number of aromatic amines is 1. The molecule has 9 heteroatoms. The first kappa shape index (κ1) is 16.9. The van der Waals surface area contributed by atoms with Crippen LogP contribution in [0.4, 0.5) is 5.82 Å². The number of piperazine rings is 1. The van der Waals surface area contributed by atoms with E-state index in [-0.39, 0.29) is 11.4 Å². The number of hydrogen-bond acceptors (Lipinski definition) is 6. The third-order valence-electron chi connectivity index (χ3n) is 3.74. The third-order valence-corrected chi connectivity index (χ3v) is 3.74. The number of amides is 2. The van der Waals surface area contributed by atoms with E-state index in [2.05, 4.69) is 37.7 Å². The van der Waals surface area contributed by atoms with Crippen molar-refractivity contribution in [2.24, 2.45) is 0 Å². The molecule has 0 saturated carbocycles. The zero-order chi connectivity index (χ0) is 16.7. The summed E-state index contributed by atoms with van der Waals surface area (Å²) in [5.74, 6) is -1.41. The zero-order valence-electron chi connectivity index (χ0n) is 13.1. The van der Waals surface area contributed by atoms with Gasteiger partial charge in [-0.2, -0.15) is 10.4 Å². The van der Waals surface area contributed by atoms with E-state index in [1.807, 2.05) is 6.07 Å². The largest absolute Gasteiger partial charge is 0.348 e. The van der Waals surface area contributed by atoms with Crippen LogP contribution in [0.3, 0.4) is 0 Å². The fourth-order valence-corrected chi connectivity index (χ4v) is 2.29. The molecule has 0 atom stereocenters. The molecular formula is C14H21N7O2. The van der Waals surface area contributed by atoms with Gasteiger partial charge in [0.25, 0.3) is 0 Å². The Bertz CT molecular complexity index is 584. The number of rotatable bonds is 5. The molecule has 0 radical (unpaired) electrons. The monoisotopic (exact) mass is 319 g/mol. The van der Waals surface area contributed by atoms with Crippen molar-refractivity contribution in [1.29, 1.82) is 5.26 Å². The van der Waals surface area contributed by atoms with Gasteiger partial charge in [0.05, 0.1) is 6.20 Å². The summed E-state index contributed by atoms with van der Waals surface area (Å²) in [6.07, 6.45) is 2.07. The average Bonchev–Trinajstić information content (AvgIpc) is 3.00. The van der Waals surface area contributed by atoms with Crippen LogP contribution in [-0.4, -0.2) is 78.1 Å². The van der Waals surface area contributed by atoms with Crippen LogP contribution in [0.5, 0.6) is 0 Å². The van der Waals surface area contributed by atoms with Gasteiger partial charge in [-0.15, -0.1) is 0 Å². The molecule has 0 aliphatic carbocycles. The van der Waals surface area contributed by atoms with Gasteiger partial charge < -0.3 is 20.4 Å². The van der Waals surface area contributed by atoms with Crippen molar-refractivity contribution in [3.05, 3.63) is 11.8 Å². The lowest BCUT2D eigenvalue weighted by atomic mass is 10.3. The van der Waals surface area contributed by atoms with Crippen LogP contribution in [0.25, 0.3) is 0 Å². The smallest absolute Gasteiger partial charge is 0.314 e. The highest BCUT2D eigenvalue weighted by atomic mass is 16.2. The Labute approximate surface area is 134 Å². The van der Waals surface area contributed by atoms with E-state index in [9.17, 15) is 9.59 Å². The first-order chi connectivity index (χ1) is 11.1. The van der Waals surface area contributed by atoms with Crippen LogP contribution in [0.2, 0.25) is 0 Å². The number of aromatic nitrogens is 2. The van der Waals surface area contributed by atoms with Crippen molar-refractivity contribution in [2.75, 3.05) is 51.6 Å². The Morgan fingerprint density at radius 3 is 2.78 bits per heavy atom. The summed E-state index contributed by atoms with van der Waals surface area (Å²) in [5, 5.41) is 19.8. The molecule has 124 valence electrons. The number of H-pyrrole nitrogens is 1. The lowest BCUT2D eigenvalue weighted by Gasteiger charge is -2.32. The van der Waals surface area contributed by atoms with E-state index in [1.165, 1.54) is 6.20 Å². The number of hydrogen-bond donors (Lipinski definition) is 3. The first-order valence-electron chi connectivity index (χ1n) is 7.53. The molecule has 2 rings (SSSR count). The summed E-state index contributed by atoms with van der Waals surface area (Å²) in [7, 11) is 2.10. The molecule has 23 heavy (non-hydrogen) atoms. The molecule has 3 N–H and O–H groups in total. The molecule has 0 spiro atoms. The molecule has 2 heterocycles. The Hall–Kier alpha value is -2.44. The molecule has 0 aromatic carbocycles. The lowest BCUT2D eigenvalue weighted by Crippen LogP contribution is -2.45. The first-order valence-corrected chi connectivity index (χ1v) is 7.53. The van der Waals surface area contributed by atoms with Crippen LogP contribution in [0, 0.1) is 11.3 Å². The van der Waals surface area contributed by atoms with Gasteiger partial charge in [-0.25, -0.2) is 0 Å². The predicted molar refractivity (Wildman–Crippen MR) is 83.5 cm³/mol. The summed E-state index contributed by atoms with van der Waals surface area (Å²) in [6, 6.07) is 1.86. The van der Waals surface area contributed by atoms with Gasteiger partial charge in [0.1, 0.15) is 17.5 Å². The second kappa shape index (κ2) is 8.26. The minimum atomic E-state index is -0.814. The summed E-state index contributed by atoms with van der Waals surface area (Å²) in [6.45, 7) is 5.51. The minimum Gasteiger partial charge on any atom is -0.348 e. The second-order valence-electron chi connectivity index (χ2n) is 5.48. The quantitative estimate of drug-likeness (QED) is 0.472. The van der Waals surface area contributed by atoms with Crippen molar-refractivity contribution in [3.8, 4) is 6.07 Å². The van der Waals surface area contributed by atoms with Crippen LogP contribution >= 0.6 is 0 Å². The highest BCUT2D eigenvalue weighted by molar-refractivity contribution is 6.39. The number of carbonyl (C=O) groups is 2. The number of carbonyl (C=O) groups excluding carboxylic acids is 2. The maximum atomic E-state index is 11.7. The molecule has 2 amide bonds. The normalized spacial score (nSPS) is 15.8. The predicted octanol–water partition coefficient (Wildman–Crippen LogP) is -1.03.